The Labute approximate surface area is 168 Å². The molecule has 1 N–H and O–H groups in total. The fourth-order valence-corrected chi connectivity index (χ4v) is 3.02. The van der Waals surface area contributed by atoms with Crippen molar-refractivity contribution in [3.63, 3.8) is 0 Å². The van der Waals surface area contributed by atoms with Gasteiger partial charge in [0.15, 0.2) is 17.2 Å². The van der Waals surface area contributed by atoms with Crippen molar-refractivity contribution in [1.82, 2.24) is 9.88 Å². The molecule has 0 fully saturated rings. The Morgan fingerprint density at radius 3 is 2.21 bits per heavy atom. The van der Waals surface area contributed by atoms with Crippen molar-refractivity contribution in [2.75, 3.05) is 14.2 Å². The zero-order chi connectivity index (χ0) is 21.0. The number of pyridine rings is 1. The van der Waals surface area contributed by atoms with Crippen molar-refractivity contribution in [3.05, 3.63) is 64.1 Å². The van der Waals surface area contributed by atoms with E-state index in [-0.39, 0.29) is 11.3 Å². The lowest BCUT2D eigenvalue weighted by Gasteiger charge is -2.14. The van der Waals surface area contributed by atoms with Gasteiger partial charge in [-0.15, -0.1) is 0 Å². The number of rotatable bonds is 6. The quantitative estimate of drug-likeness (QED) is 0.688. The number of amides is 1. The highest BCUT2D eigenvalue weighted by molar-refractivity contribution is 5.92. The van der Waals surface area contributed by atoms with Crippen LogP contribution in [0.25, 0.3) is 10.8 Å². The Bertz CT molecular complexity index is 1090. The normalized spacial score (nSPS) is 10.6. The van der Waals surface area contributed by atoms with E-state index in [1.54, 1.807) is 12.1 Å². The topological polar surface area (TPSA) is 78.8 Å². The summed E-state index contributed by atoms with van der Waals surface area (Å²) in [6.07, 6.45) is 0.921. The van der Waals surface area contributed by atoms with Gasteiger partial charge in [-0.1, -0.05) is 29.8 Å². The van der Waals surface area contributed by atoms with Gasteiger partial charge in [-0.3, -0.25) is 4.79 Å². The first-order valence-electron chi connectivity index (χ1n) is 9.27. The fraction of sp³-hybridized carbons (Fsp3) is 0.273. The van der Waals surface area contributed by atoms with Crippen molar-refractivity contribution in [3.8, 4) is 17.2 Å². The summed E-state index contributed by atoms with van der Waals surface area (Å²) in [5.74, 6) is 1.14. The summed E-state index contributed by atoms with van der Waals surface area (Å²) in [7, 11) is 3.01. The molecule has 0 bridgehead atoms. The van der Waals surface area contributed by atoms with Crippen LogP contribution in [0, 0.1) is 6.92 Å². The molecule has 2 aromatic carbocycles. The van der Waals surface area contributed by atoms with Crippen molar-refractivity contribution in [2.45, 2.75) is 26.9 Å². The number of nitrogens with zero attached hydrogens (tertiary/aromatic N) is 1. The average Bonchev–Trinajstić information content (AvgIpc) is 2.74. The smallest absolute Gasteiger partial charge is 0.412 e. The monoisotopic (exact) mass is 396 g/mol. The molecule has 7 heteroatoms. The Balaban J connectivity index is 1.92. The van der Waals surface area contributed by atoms with Gasteiger partial charge in [-0.25, -0.2) is 4.79 Å². The highest BCUT2D eigenvalue weighted by Gasteiger charge is 2.16. The van der Waals surface area contributed by atoms with E-state index in [9.17, 15) is 9.59 Å². The van der Waals surface area contributed by atoms with Gasteiger partial charge < -0.3 is 24.1 Å². The van der Waals surface area contributed by atoms with Gasteiger partial charge in [-0.05, 0) is 31.5 Å². The van der Waals surface area contributed by atoms with Crippen molar-refractivity contribution < 1.29 is 19.0 Å². The minimum atomic E-state index is -0.608. The molecule has 0 aliphatic heterocycles. The number of hydrogen-bond donors (Lipinski definition) is 1. The Kier molecular flexibility index (Phi) is 6.07. The summed E-state index contributed by atoms with van der Waals surface area (Å²) >= 11 is 0. The van der Waals surface area contributed by atoms with E-state index in [1.807, 2.05) is 38.1 Å². The average molecular weight is 396 g/mol. The van der Waals surface area contributed by atoms with Crippen LogP contribution in [0.15, 0.2) is 47.4 Å². The molecule has 0 spiro atoms. The molecule has 7 nitrogen and oxygen atoms in total. The Morgan fingerprint density at radius 2 is 1.62 bits per heavy atom. The molecule has 0 unspecified atom stereocenters. The second-order valence-electron chi connectivity index (χ2n) is 6.57. The van der Waals surface area contributed by atoms with E-state index in [0.29, 0.717) is 35.4 Å². The molecule has 0 radical (unpaired) electrons. The molecule has 1 aromatic heterocycles. The highest BCUT2D eigenvalue weighted by Crippen LogP contribution is 2.34. The lowest BCUT2D eigenvalue weighted by atomic mass is 10.1. The van der Waals surface area contributed by atoms with Crippen LogP contribution in [0.2, 0.25) is 0 Å². The van der Waals surface area contributed by atoms with Gasteiger partial charge in [0.25, 0.3) is 5.56 Å². The summed E-state index contributed by atoms with van der Waals surface area (Å²) in [4.78, 5) is 25.1. The number of nitrogens with one attached hydrogen (secondary N) is 1. The molecule has 152 valence electrons. The standard InChI is InChI=1S/C22H24N2O5/c1-5-24-13-20(29-22(26)23-12-15-8-6-14(2)7-9-15)16-10-18(27-3)19(28-4)11-17(16)21(24)25/h6-11,13H,5,12H2,1-4H3,(H,23,26). The lowest BCUT2D eigenvalue weighted by molar-refractivity contribution is 0.200. The molecule has 3 rings (SSSR count). The molecule has 3 aromatic rings. The number of carbonyl (C=O) groups is 1. The number of hydrogen-bond acceptors (Lipinski definition) is 5. The SMILES string of the molecule is CCn1cc(OC(=O)NCc2ccc(C)cc2)c2cc(OC)c(OC)cc2c1=O. The number of methoxy groups -OCH3 is 2. The van der Waals surface area contributed by atoms with Crippen LogP contribution >= 0.6 is 0 Å². The summed E-state index contributed by atoms with van der Waals surface area (Å²) in [5.41, 5.74) is 1.91. The maximum Gasteiger partial charge on any atom is 0.412 e. The largest absolute Gasteiger partial charge is 0.493 e. The number of ether oxygens (including phenoxy) is 3. The van der Waals surface area contributed by atoms with Crippen LogP contribution in [-0.2, 0) is 13.1 Å². The predicted octanol–water partition coefficient (Wildman–Crippen LogP) is 3.64. The molecule has 0 saturated heterocycles. The summed E-state index contributed by atoms with van der Waals surface area (Å²) in [6, 6.07) is 11.1. The molecule has 0 aliphatic rings. The maximum atomic E-state index is 12.7. The molecule has 0 aliphatic carbocycles. The van der Waals surface area contributed by atoms with Crippen LogP contribution in [0.4, 0.5) is 4.79 Å². The lowest BCUT2D eigenvalue weighted by Crippen LogP contribution is -2.27. The summed E-state index contributed by atoms with van der Waals surface area (Å²) in [6.45, 7) is 4.61. The first kappa shape index (κ1) is 20.3. The number of aryl methyl sites for hydroxylation is 2. The van der Waals surface area contributed by atoms with Crippen molar-refractivity contribution in [2.24, 2.45) is 0 Å². The van der Waals surface area contributed by atoms with Crippen LogP contribution in [0.3, 0.4) is 0 Å². The van der Waals surface area contributed by atoms with E-state index in [2.05, 4.69) is 5.32 Å². The third-order valence-corrected chi connectivity index (χ3v) is 4.65. The van der Waals surface area contributed by atoms with Crippen molar-refractivity contribution in [1.29, 1.82) is 0 Å². The van der Waals surface area contributed by atoms with Gasteiger partial charge in [0.1, 0.15) is 0 Å². The molecular formula is C22H24N2O5. The van der Waals surface area contributed by atoms with E-state index < -0.39 is 6.09 Å². The minimum Gasteiger partial charge on any atom is -0.493 e. The van der Waals surface area contributed by atoms with Gasteiger partial charge in [0, 0.05) is 18.5 Å². The van der Waals surface area contributed by atoms with Gasteiger partial charge in [0.05, 0.1) is 25.8 Å². The number of benzene rings is 2. The highest BCUT2D eigenvalue weighted by atomic mass is 16.6. The number of carbonyl (C=O) groups excluding carboxylic acids is 1. The molecule has 0 atom stereocenters. The van der Waals surface area contributed by atoms with E-state index in [4.69, 9.17) is 14.2 Å². The Morgan fingerprint density at radius 1 is 1.00 bits per heavy atom. The molecule has 29 heavy (non-hydrogen) atoms. The molecular weight excluding hydrogens is 372 g/mol. The predicted molar refractivity (Wildman–Crippen MR) is 111 cm³/mol. The van der Waals surface area contributed by atoms with Gasteiger partial charge >= 0.3 is 6.09 Å². The zero-order valence-electron chi connectivity index (χ0n) is 16.9. The van der Waals surface area contributed by atoms with Crippen LogP contribution in [0.5, 0.6) is 17.2 Å². The zero-order valence-corrected chi connectivity index (χ0v) is 16.9. The second-order valence-corrected chi connectivity index (χ2v) is 6.57. The van der Waals surface area contributed by atoms with Crippen LogP contribution in [-0.4, -0.2) is 24.9 Å². The summed E-state index contributed by atoms with van der Waals surface area (Å²) < 4.78 is 17.6. The summed E-state index contributed by atoms with van der Waals surface area (Å²) in [5, 5.41) is 3.59. The van der Waals surface area contributed by atoms with Crippen molar-refractivity contribution >= 4 is 16.9 Å². The third-order valence-electron chi connectivity index (χ3n) is 4.65. The van der Waals surface area contributed by atoms with E-state index >= 15 is 0 Å². The van der Waals surface area contributed by atoms with E-state index in [1.165, 1.54) is 25.0 Å². The van der Waals surface area contributed by atoms with Crippen LogP contribution in [0.1, 0.15) is 18.1 Å². The second kappa shape index (κ2) is 8.68. The Hall–Kier alpha value is -3.48. The minimum absolute atomic E-state index is 0.198. The fourth-order valence-electron chi connectivity index (χ4n) is 3.02. The first-order chi connectivity index (χ1) is 14.0. The third kappa shape index (κ3) is 4.34. The van der Waals surface area contributed by atoms with Gasteiger partial charge in [0.2, 0.25) is 0 Å². The van der Waals surface area contributed by atoms with Gasteiger partial charge in [-0.2, -0.15) is 0 Å². The molecule has 1 heterocycles. The van der Waals surface area contributed by atoms with E-state index in [0.717, 1.165) is 11.1 Å². The number of aromatic nitrogens is 1. The van der Waals surface area contributed by atoms with Crippen LogP contribution < -0.4 is 25.1 Å². The first-order valence-corrected chi connectivity index (χ1v) is 9.27. The molecule has 0 saturated carbocycles. The number of fused-ring (bicyclic) bond motifs is 1. The molecule has 1 amide bonds. The maximum absolute atomic E-state index is 12.7.